The minimum Gasteiger partial charge on any atom is -0.478 e. The fourth-order valence-corrected chi connectivity index (χ4v) is 4.70. The zero-order valence-corrected chi connectivity index (χ0v) is 20.4. The van der Waals surface area contributed by atoms with Crippen LogP contribution in [0.5, 0.6) is 0 Å². The number of rotatable bonds is 5. The summed E-state index contributed by atoms with van der Waals surface area (Å²) >= 11 is 0. The Hall–Kier alpha value is -4.40. The van der Waals surface area contributed by atoms with E-state index in [9.17, 15) is 24.3 Å². The third kappa shape index (κ3) is 4.59. The average molecular weight is 489 g/mol. The number of hydrogen-bond acceptors (Lipinski definition) is 4. The van der Waals surface area contributed by atoms with Crippen LogP contribution in [0, 0.1) is 0 Å². The second kappa shape index (κ2) is 9.69. The summed E-state index contributed by atoms with van der Waals surface area (Å²) in [6.07, 6.45) is 1.21. The molecule has 9 heteroatoms. The van der Waals surface area contributed by atoms with E-state index in [-0.39, 0.29) is 29.3 Å². The molecule has 1 aliphatic rings. The maximum atomic E-state index is 13.0. The Balaban J connectivity index is 1.82. The first-order valence-corrected chi connectivity index (χ1v) is 11.5. The quantitative estimate of drug-likeness (QED) is 0.527. The van der Waals surface area contributed by atoms with Crippen LogP contribution in [-0.2, 0) is 22.7 Å². The monoisotopic (exact) mass is 488 g/mol. The number of aromatic carboxylic acids is 1. The van der Waals surface area contributed by atoms with Gasteiger partial charge in [-0.15, -0.1) is 0 Å². The summed E-state index contributed by atoms with van der Waals surface area (Å²) in [5, 5.41) is 13.0. The molecule has 2 N–H and O–H groups in total. The maximum Gasteiger partial charge on any atom is 0.335 e. The van der Waals surface area contributed by atoms with E-state index in [4.69, 9.17) is 0 Å². The van der Waals surface area contributed by atoms with E-state index >= 15 is 0 Å². The standard InChI is InChI=1S/C27H28N4O5/c1-5-24(33)28-20-10-11-22-21(12-20)25-16(2)13-30(27(36)29(4)17(3)32)15-23(25)31(22)14-18-6-8-19(9-7-18)26(34)35/h5-12,16H,1,13-15H2,2-4H3,(H,28,33)(H,34,35). The predicted octanol–water partition coefficient (Wildman–Crippen LogP) is 4.03. The number of amides is 4. The summed E-state index contributed by atoms with van der Waals surface area (Å²) in [7, 11) is 1.47. The number of carboxylic acids is 1. The summed E-state index contributed by atoms with van der Waals surface area (Å²) in [5.74, 6) is -1.66. The second-order valence-electron chi connectivity index (χ2n) is 9.02. The van der Waals surface area contributed by atoms with Gasteiger partial charge in [0, 0.05) is 55.3 Å². The number of aromatic nitrogens is 1. The average Bonchev–Trinajstić information content (AvgIpc) is 3.16. The van der Waals surface area contributed by atoms with Crippen LogP contribution in [0.15, 0.2) is 55.1 Å². The van der Waals surface area contributed by atoms with Crippen LogP contribution >= 0.6 is 0 Å². The number of carboxylic acid groups (broad SMARTS) is 1. The highest BCUT2D eigenvalue weighted by molar-refractivity contribution is 6.01. The normalized spacial score (nSPS) is 14.8. The summed E-state index contributed by atoms with van der Waals surface area (Å²) in [6.45, 7) is 8.11. The van der Waals surface area contributed by atoms with Gasteiger partial charge in [-0.05, 0) is 47.5 Å². The summed E-state index contributed by atoms with van der Waals surface area (Å²) in [5.41, 5.74) is 4.69. The number of urea groups is 1. The van der Waals surface area contributed by atoms with Crippen molar-refractivity contribution < 1.29 is 24.3 Å². The number of anilines is 1. The first-order valence-electron chi connectivity index (χ1n) is 11.5. The third-order valence-corrected chi connectivity index (χ3v) is 6.57. The topological polar surface area (TPSA) is 112 Å². The molecule has 0 saturated heterocycles. The number of carbonyl (C=O) groups is 4. The molecule has 0 spiro atoms. The number of imide groups is 1. The van der Waals surface area contributed by atoms with Gasteiger partial charge in [0.25, 0.3) is 0 Å². The number of benzene rings is 2. The Morgan fingerprint density at radius 2 is 1.86 bits per heavy atom. The number of carbonyl (C=O) groups excluding carboxylic acids is 3. The molecular formula is C27H28N4O5. The van der Waals surface area contributed by atoms with E-state index < -0.39 is 5.97 Å². The van der Waals surface area contributed by atoms with E-state index in [1.165, 1.54) is 20.0 Å². The van der Waals surface area contributed by atoms with Gasteiger partial charge in [0.1, 0.15) is 0 Å². The van der Waals surface area contributed by atoms with Crippen LogP contribution in [0.1, 0.15) is 46.9 Å². The molecule has 0 aliphatic carbocycles. The van der Waals surface area contributed by atoms with Crippen molar-refractivity contribution in [2.75, 3.05) is 18.9 Å². The fourth-order valence-electron chi connectivity index (χ4n) is 4.70. The highest BCUT2D eigenvalue weighted by atomic mass is 16.4. The summed E-state index contributed by atoms with van der Waals surface area (Å²) in [6, 6.07) is 12.0. The SMILES string of the molecule is C=CC(=O)Nc1ccc2c(c1)c1c(n2Cc2ccc(C(=O)O)cc2)CN(C(=O)N(C)C(C)=O)CC1C. The van der Waals surface area contributed by atoms with Crippen molar-refractivity contribution >= 4 is 40.4 Å². The first-order chi connectivity index (χ1) is 17.1. The van der Waals surface area contributed by atoms with E-state index in [0.717, 1.165) is 32.6 Å². The Morgan fingerprint density at radius 1 is 1.17 bits per heavy atom. The van der Waals surface area contributed by atoms with Crippen molar-refractivity contribution in [3.05, 3.63) is 77.5 Å². The van der Waals surface area contributed by atoms with Crippen molar-refractivity contribution in [3.63, 3.8) is 0 Å². The lowest BCUT2D eigenvalue weighted by Gasteiger charge is -2.34. The Labute approximate surface area is 208 Å². The van der Waals surface area contributed by atoms with Gasteiger partial charge in [-0.25, -0.2) is 9.59 Å². The lowest BCUT2D eigenvalue weighted by Crippen LogP contribution is -2.46. The minimum atomic E-state index is -0.989. The molecule has 1 aromatic heterocycles. The van der Waals surface area contributed by atoms with Gasteiger partial charge in [0.05, 0.1) is 12.1 Å². The molecule has 0 saturated carbocycles. The molecule has 2 aromatic carbocycles. The van der Waals surface area contributed by atoms with Gasteiger partial charge < -0.3 is 19.9 Å². The highest BCUT2D eigenvalue weighted by Crippen LogP contribution is 2.38. The number of fused-ring (bicyclic) bond motifs is 3. The van der Waals surface area contributed by atoms with Gasteiger partial charge in [0.2, 0.25) is 11.8 Å². The van der Waals surface area contributed by atoms with E-state index in [0.29, 0.717) is 25.3 Å². The molecule has 9 nitrogen and oxygen atoms in total. The molecule has 0 fully saturated rings. The van der Waals surface area contributed by atoms with Crippen molar-refractivity contribution in [1.29, 1.82) is 0 Å². The number of hydrogen-bond donors (Lipinski definition) is 2. The van der Waals surface area contributed by atoms with Crippen molar-refractivity contribution in [1.82, 2.24) is 14.4 Å². The molecule has 4 rings (SSSR count). The molecule has 4 amide bonds. The molecule has 0 radical (unpaired) electrons. The molecule has 3 aromatic rings. The zero-order valence-electron chi connectivity index (χ0n) is 20.4. The van der Waals surface area contributed by atoms with Gasteiger partial charge in [-0.2, -0.15) is 0 Å². The van der Waals surface area contributed by atoms with E-state index in [1.54, 1.807) is 29.2 Å². The molecule has 1 unspecified atom stereocenters. The first kappa shape index (κ1) is 24.7. The van der Waals surface area contributed by atoms with Crippen LogP contribution in [0.3, 0.4) is 0 Å². The van der Waals surface area contributed by atoms with Crippen molar-refractivity contribution in [2.45, 2.75) is 32.9 Å². The summed E-state index contributed by atoms with van der Waals surface area (Å²) < 4.78 is 2.11. The minimum absolute atomic E-state index is 0.0263. The highest BCUT2D eigenvalue weighted by Gasteiger charge is 2.33. The molecule has 186 valence electrons. The van der Waals surface area contributed by atoms with Gasteiger partial charge >= 0.3 is 12.0 Å². The lowest BCUT2D eigenvalue weighted by atomic mass is 9.93. The Bertz CT molecular complexity index is 1390. The second-order valence-corrected chi connectivity index (χ2v) is 9.02. The predicted molar refractivity (Wildman–Crippen MR) is 136 cm³/mol. The fraction of sp³-hybridized carbons (Fsp3) is 0.259. The molecular weight excluding hydrogens is 460 g/mol. The smallest absolute Gasteiger partial charge is 0.335 e. The van der Waals surface area contributed by atoms with Crippen LogP contribution in [0.2, 0.25) is 0 Å². The lowest BCUT2D eigenvalue weighted by molar-refractivity contribution is -0.125. The van der Waals surface area contributed by atoms with Crippen LogP contribution < -0.4 is 5.32 Å². The maximum absolute atomic E-state index is 13.0. The molecule has 1 atom stereocenters. The Kier molecular flexibility index (Phi) is 6.65. The van der Waals surface area contributed by atoms with Crippen molar-refractivity contribution in [3.8, 4) is 0 Å². The molecule has 1 aliphatic heterocycles. The van der Waals surface area contributed by atoms with Crippen LogP contribution in [-0.4, -0.2) is 56.9 Å². The van der Waals surface area contributed by atoms with Gasteiger partial charge in [0.15, 0.2) is 0 Å². The van der Waals surface area contributed by atoms with Crippen LogP contribution in [0.4, 0.5) is 10.5 Å². The zero-order chi connectivity index (χ0) is 26.1. The van der Waals surface area contributed by atoms with E-state index in [1.807, 2.05) is 25.1 Å². The number of nitrogens with one attached hydrogen (secondary N) is 1. The third-order valence-electron chi connectivity index (χ3n) is 6.57. The van der Waals surface area contributed by atoms with Gasteiger partial charge in [-0.3, -0.25) is 14.5 Å². The van der Waals surface area contributed by atoms with Crippen molar-refractivity contribution in [2.24, 2.45) is 0 Å². The molecule has 0 bridgehead atoms. The molecule has 36 heavy (non-hydrogen) atoms. The van der Waals surface area contributed by atoms with E-state index in [2.05, 4.69) is 16.5 Å². The number of nitrogens with zero attached hydrogens (tertiary/aromatic N) is 3. The summed E-state index contributed by atoms with van der Waals surface area (Å²) in [4.78, 5) is 50.7. The largest absolute Gasteiger partial charge is 0.478 e. The Morgan fingerprint density at radius 3 is 2.47 bits per heavy atom. The van der Waals surface area contributed by atoms with Gasteiger partial charge in [-0.1, -0.05) is 25.6 Å². The van der Waals surface area contributed by atoms with Crippen LogP contribution in [0.25, 0.3) is 10.9 Å². The molecule has 2 heterocycles.